The van der Waals surface area contributed by atoms with Crippen molar-refractivity contribution in [1.29, 1.82) is 0 Å². The summed E-state index contributed by atoms with van der Waals surface area (Å²) in [6, 6.07) is 5.77. The number of carbonyl (C=O) groups excluding carboxylic acids is 1. The van der Waals surface area contributed by atoms with Gasteiger partial charge in [0.1, 0.15) is 0 Å². The van der Waals surface area contributed by atoms with Gasteiger partial charge in [-0.2, -0.15) is 0 Å². The largest absolute Gasteiger partial charge is 0.396 e. The van der Waals surface area contributed by atoms with Crippen molar-refractivity contribution < 1.29 is 4.79 Å². The highest BCUT2D eigenvalue weighted by Gasteiger charge is 2.18. The molecule has 0 spiro atoms. The molecule has 1 saturated heterocycles. The average molecular weight is 262 g/mol. The van der Waals surface area contributed by atoms with Crippen LogP contribution < -0.4 is 16.8 Å². The highest BCUT2D eigenvalue weighted by Crippen LogP contribution is 2.22. The number of para-hydroxylation sites is 1. The molecule has 1 aliphatic rings. The number of rotatable bonds is 5. The molecule has 1 aromatic carbocycles. The van der Waals surface area contributed by atoms with E-state index in [1.807, 2.05) is 6.07 Å². The zero-order valence-corrected chi connectivity index (χ0v) is 11.4. The van der Waals surface area contributed by atoms with Crippen LogP contribution in [0.25, 0.3) is 0 Å². The summed E-state index contributed by atoms with van der Waals surface area (Å²) in [5, 5.41) is 3.31. The van der Waals surface area contributed by atoms with Gasteiger partial charge >= 0.3 is 0 Å². The minimum Gasteiger partial charge on any atom is -0.396 e. The van der Waals surface area contributed by atoms with Gasteiger partial charge in [-0.25, -0.2) is 0 Å². The van der Waals surface area contributed by atoms with E-state index in [9.17, 15) is 4.79 Å². The molecule has 0 radical (unpaired) electrons. The van der Waals surface area contributed by atoms with Gasteiger partial charge in [-0.05, 0) is 45.0 Å². The summed E-state index contributed by atoms with van der Waals surface area (Å²) in [4.78, 5) is 13.7. The fourth-order valence-electron chi connectivity index (χ4n) is 2.50. The van der Waals surface area contributed by atoms with Crippen LogP contribution in [0, 0.1) is 0 Å². The number of amides is 1. The zero-order chi connectivity index (χ0) is 13.8. The third kappa shape index (κ3) is 3.17. The lowest BCUT2D eigenvalue weighted by molar-refractivity contribution is 0.100. The van der Waals surface area contributed by atoms with Crippen LogP contribution in [0.1, 0.15) is 30.1 Å². The molecule has 5 N–H and O–H groups in total. The smallest absolute Gasteiger partial charge is 0.250 e. The van der Waals surface area contributed by atoms with Crippen molar-refractivity contribution in [2.75, 3.05) is 30.7 Å². The third-order valence-electron chi connectivity index (χ3n) is 3.72. The van der Waals surface area contributed by atoms with E-state index in [1.165, 1.54) is 25.9 Å². The number of likely N-dealkylation sites (tertiary alicyclic amines) is 1. The summed E-state index contributed by atoms with van der Waals surface area (Å²) in [6.45, 7) is 5.35. The van der Waals surface area contributed by atoms with Crippen molar-refractivity contribution in [2.24, 2.45) is 5.73 Å². The minimum absolute atomic E-state index is 0.374. The molecule has 104 valence electrons. The number of nitrogens with zero attached hydrogens (tertiary/aromatic N) is 1. The van der Waals surface area contributed by atoms with Crippen LogP contribution in [0.4, 0.5) is 11.4 Å². The van der Waals surface area contributed by atoms with E-state index in [0.29, 0.717) is 17.3 Å². The Hall–Kier alpha value is -1.75. The number of carbonyl (C=O) groups is 1. The molecule has 0 saturated carbocycles. The molecule has 0 aliphatic carbocycles. The zero-order valence-electron chi connectivity index (χ0n) is 11.4. The van der Waals surface area contributed by atoms with Gasteiger partial charge in [0.15, 0.2) is 0 Å². The molecule has 1 heterocycles. The van der Waals surface area contributed by atoms with Crippen LogP contribution in [0.3, 0.4) is 0 Å². The van der Waals surface area contributed by atoms with E-state index in [0.717, 1.165) is 12.2 Å². The van der Waals surface area contributed by atoms with E-state index < -0.39 is 5.91 Å². The van der Waals surface area contributed by atoms with E-state index in [4.69, 9.17) is 11.5 Å². The van der Waals surface area contributed by atoms with Crippen LogP contribution in [-0.2, 0) is 0 Å². The maximum atomic E-state index is 11.2. The Kier molecular flexibility index (Phi) is 4.27. The first-order valence-corrected chi connectivity index (χ1v) is 6.76. The fraction of sp³-hybridized carbons (Fsp3) is 0.500. The van der Waals surface area contributed by atoms with Crippen molar-refractivity contribution in [1.82, 2.24) is 4.90 Å². The normalized spacial score (nSPS) is 17.3. The van der Waals surface area contributed by atoms with Gasteiger partial charge in [-0.15, -0.1) is 0 Å². The van der Waals surface area contributed by atoms with Gasteiger partial charge in [0.05, 0.1) is 16.9 Å². The SMILES string of the molecule is CC(CNc1cccc(C(N)=O)c1N)N1CCCC1. The first-order valence-electron chi connectivity index (χ1n) is 6.76. The van der Waals surface area contributed by atoms with Crippen LogP contribution in [0.15, 0.2) is 18.2 Å². The van der Waals surface area contributed by atoms with Crippen LogP contribution in [-0.4, -0.2) is 36.5 Å². The van der Waals surface area contributed by atoms with Crippen molar-refractivity contribution in [3.63, 3.8) is 0 Å². The quantitative estimate of drug-likeness (QED) is 0.698. The average Bonchev–Trinajstić information content (AvgIpc) is 2.90. The minimum atomic E-state index is -0.492. The molecule has 1 aromatic rings. The Morgan fingerprint density at radius 1 is 1.42 bits per heavy atom. The highest BCUT2D eigenvalue weighted by molar-refractivity contribution is 6.00. The number of anilines is 2. The standard InChI is InChI=1S/C14H22N4O/c1-10(18-7-2-3-8-18)9-17-12-6-4-5-11(13(12)15)14(16)19/h4-6,10,17H,2-3,7-9,15H2,1H3,(H2,16,19). The lowest BCUT2D eigenvalue weighted by Crippen LogP contribution is -2.35. The predicted octanol–water partition coefficient (Wildman–Crippen LogP) is 1.26. The number of hydrogen-bond donors (Lipinski definition) is 3. The van der Waals surface area contributed by atoms with Crippen LogP contribution in [0.5, 0.6) is 0 Å². The first-order chi connectivity index (χ1) is 9.09. The molecular weight excluding hydrogens is 240 g/mol. The lowest BCUT2D eigenvalue weighted by Gasteiger charge is -2.24. The Morgan fingerprint density at radius 2 is 2.11 bits per heavy atom. The van der Waals surface area contributed by atoms with Gasteiger partial charge in [0.2, 0.25) is 0 Å². The van der Waals surface area contributed by atoms with Gasteiger partial charge in [-0.3, -0.25) is 9.69 Å². The molecule has 0 aromatic heterocycles. The maximum absolute atomic E-state index is 11.2. The molecule has 1 fully saturated rings. The second-order valence-corrected chi connectivity index (χ2v) is 5.10. The Morgan fingerprint density at radius 3 is 2.74 bits per heavy atom. The molecule has 1 unspecified atom stereocenters. The molecule has 0 bridgehead atoms. The highest BCUT2D eigenvalue weighted by atomic mass is 16.1. The molecule has 19 heavy (non-hydrogen) atoms. The Bertz CT molecular complexity index is 455. The van der Waals surface area contributed by atoms with E-state index in [2.05, 4.69) is 17.1 Å². The van der Waals surface area contributed by atoms with Gasteiger partial charge in [0.25, 0.3) is 5.91 Å². The van der Waals surface area contributed by atoms with Crippen LogP contribution in [0.2, 0.25) is 0 Å². The summed E-state index contributed by atoms with van der Waals surface area (Å²) >= 11 is 0. The topological polar surface area (TPSA) is 84.4 Å². The molecule has 1 atom stereocenters. The van der Waals surface area contributed by atoms with Crippen molar-refractivity contribution >= 4 is 17.3 Å². The van der Waals surface area contributed by atoms with Crippen LogP contribution >= 0.6 is 0 Å². The number of primary amides is 1. The molecular formula is C14H22N4O. The first kappa shape index (κ1) is 13.7. The Labute approximate surface area is 113 Å². The van der Waals surface area contributed by atoms with E-state index in [-0.39, 0.29) is 0 Å². The summed E-state index contributed by atoms with van der Waals surface area (Å²) in [6.07, 6.45) is 2.56. The van der Waals surface area contributed by atoms with E-state index in [1.54, 1.807) is 12.1 Å². The molecule has 2 rings (SSSR count). The van der Waals surface area contributed by atoms with Crippen molar-refractivity contribution in [3.8, 4) is 0 Å². The third-order valence-corrected chi connectivity index (χ3v) is 3.72. The van der Waals surface area contributed by atoms with Gasteiger partial charge in [0, 0.05) is 12.6 Å². The second kappa shape index (κ2) is 5.93. The predicted molar refractivity (Wildman–Crippen MR) is 78.1 cm³/mol. The van der Waals surface area contributed by atoms with Gasteiger partial charge < -0.3 is 16.8 Å². The van der Waals surface area contributed by atoms with Gasteiger partial charge in [-0.1, -0.05) is 6.07 Å². The van der Waals surface area contributed by atoms with Crippen molar-refractivity contribution in [2.45, 2.75) is 25.8 Å². The molecule has 1 amide bonds. The number of nitrogen functional groups attached to an aromatic ring is 1. The van der Waals surface area contributed by atoms with Crippen molar-refractivity contribution in [3.05, 3.63) is 23.8 Å². The number of benzene rings is 1. The number of nitrogens with two attached hydrogens (primary N) is 2. The monoisotopic (exact) mass is 262 g/mol. The fourth-order valence-corrected chi connectivity index (χ4v) is 2.50. The van der Waals surface area contributed by atoms with E-state index >= 15 is 0 Å². The summed E-state index contributed by atoms with van der Waals surface area (Å²) < 4.78 is 0. The number of hydrogen-bond acceptors (Lipinski definition) is 4. The molecule has 1 aliphatic heterocycles. The molecule has 5 nitrogen and oxygen atoms in total. The maximum Gasteiger partial charge on any atom is 0.250 e. The summed E-state index contributed by atoms with van der Waals surface area (Å²) in [5.41, 5.74) is 12.8. The Balaban J connectivity index is 1.99. The summed E-state index contributed by atoms with van der Waals surface area (Å²) in [7, 11) is 0. The lowest BCUT2D eigenvalue weighted by atomic mass is 10.1. The number of nitrogens with one attached hydrogen (secondary N) is 1. The summed E-state index contributed by atoms with van der Waals surface area (Å²) in [5.74, 6) is -0.492. The second-order valence-electron chi connectivity index (χ2n) is 5.10. The molecule has 5 heteroatoms.